The standard InChI is InChI=1S/C19H20N2O3S/c1-12-9-13(5-8-16(12)24-4)10-18(22)20-19-21(2)15-7-6-14(23-3)11-17(15)25-19/h5-9,11H,10H2,1-4H3. The van der Waals surface area contributed by atoms with E-state index in [-0.39, 0.29) is 12.3 Å². The highest BCUT2D eigenvalue weighted by molar-refractivity contribution is 7.16. The molecule has 5 nitrogen and oxygen atoms in total. The predicted molar refractivity (Wildman–Crippen MR) is 99.4 cm³/mol. The van der Waals surface area contributed by atoms with Gasteiger partial charge in [0.1, 0.15) is 11.5 Å². The van der Waals surface area contributed by atoms with Crippen LogP contribution >= 0.6 is 11.3 Å². The van der Waals surface area contributed by atoms with Gasteiger partial charge in [-0.3, -0.25) is 4.79 Å². The number of hydrogen-bond acceptors (Lipinski definition) is 4. The number of ether oxygens (including phenoxy) is 2. The van der Waals surface area contributed by atoms with Crippen LogP contribution in [0, 0.1) is 6.92 Å². The maximum Gasteiger partial charge on any atom is 0.252 e. The minimum absolute atomic E-state index is 0.168. The summed E-state index contributed by atoms with van der Waals surface area (Å²) in [6.07, 6.45) is 0.266. The minimum Gasteiger partial charge on any atom is -0.497 e. The van der Waals surface area contributed by atoms with Gasteiger partial charge in [-0.05, 0) is 42.3 Å². The SMILES string of the molecule is COc1ccc2c(c1)sc(=NC(=O)Cc1ccc(OC)c(C)c1)n2C. The molecular formula is C19H20N2O3S. The fourth-order valence-corrected chi connectivity index (χ4v) is 3.78. The number of nitrogens with zero attached hydrogens (tertiary/aromatic N) is 2. The maximum atomic E-state index is 12.4. The lowest BCUT2D eigenvalue weighted by atomic mass is 10.1. The van der Waals surface area contributed by atoms with Gasteiger partial charge in [-0.25, -0.2) is 0 Å². The first-order valence-electron chi connectivity index (χ1n) is 7.86. The van der Waals surface area contributed by atoms with Crippen molar-refractivity contribution in [2.24, 2.45) is 12.0 Å². The number of hydrogen-bond donors (Lipinski definition) is 0. The quantitative estimate of drug-likeness (QED) is 0.721. The largest absolute Gasteiger partial charge is 0.497 e. The average Bonchev–Trinajstić information content (AvgIpc) is 2.90. The highest BCUT2D eigenvalue weighted by Crippen LogP contribution is 2.22. The summed E-state index contributed by atoms with van der Waals surface area (Å²) in [4.78, 5) is 17.3. The van der Waals surface area contributed by atoms with E-state index in [1.165, 1.54) is 11.3 Å². The zero-order valence-electron chi connectivity index (χ0n) is 14.7. The third-order valence-corrected chi connectivity index (χ3v) is 5.15. The Kier molecular flexibility index (Phi) is 4.90. The first-order valence-corrected chi connectivity index (χ1v) is 8.68. The van der Waals surface area contributed by atoms with Crippen molar-refractivity contribution >= 4 is 27.5 Å². The number of methoxy groups -OCH3 is 2. The number of benzene rings is 2. The smallest absolute Gasteiger partial charge is 0.252 e. The Morgan fingerprint density at radius 2 is 1.96 bits per heavy atom. The van der Waals surface area contributed by atoms with Gasteiger partial charge < -0.3 is 14.0 Å². The minimum atomic E-state index is -0.168. The second-order valence-corrected chi connectivity index (χ2v) is 6.77. The summed E-state index contributed by atoms with van der Waals surface area (Å²) in [5.41, 5.74) is 2.96. The Morgan fingerprint density at radius 3 is 2.64 bits per heavy atom. The van der Waals surface area contributed by atoms with E-state index in [4.69, 9.17) is 9.47 Å². The van der Waals surface area contributed by atoms with Crippen molar-refractivity contribution < 1.29 is 14.3 Å². The molecule has 0 fully saturated rings. The van der Waals surface area contributed by atoms with Crippen molar-refractivity contribution in [2.75, 3.05) is 14.2 Å². The molecule has 0 atom stereocenters. The van der Waals surface area contributed by atoms with Gasteiger partial charge in [0.15, 0.2) is 4.80 Å². The van der Waals surface area contributed by atoms with Crippen LogP contribution in [0.2, 0.25) is 0 Å². The van der Waals surface area contributed by atoms with E-state index in [1.807, 2.05) is 54.9 Å². The number of aromatic nitrogens is 1. The van der Waals surface area contributed by atoms with Gasteiger partial charge >= 0.3 is 0 Å². The topological polar surface area (TPSA) is 52.8 Å². The van der Waals surface area contributed by atoms with E-state index >= 15 is 0 Å². The fraction of sp³-hybridized carbons (Fsp3) is 0.263. The lowest BCUT2D eigenvalue weighted by molar-refractivity contribution is -0.117. The molecule has 0 aliphatic rings. The van der Waals surface area contributed by atoms with Crippen LogP contribution in [-0.4, -0.2) is 24.7 Å². The number of amides is 1. The van der Waals surface area contributed by atoms with Gasteiger partial charge in [-0.1, -0.05) is 23.5 Å². The van der Waals surface area contributed by atoms with E-state index < -0.39 is 0 Å². The molecule has 6 heteroatoms. The Balaban J connectivity index is 1.89. The second-order valence-electron chi connectivity index (χ2n) is 5.76. The lowest BCUT2D eigenvalue weighted by Crippen LogP contribution is -2.14. The number of carbonyl (C=O) groups excluding carboxylic acids is 1. The van der Waals surface area contributed by atoms with E-state index in [0.717, 1.165) is 32.8 Å². The Morgan fingerprint density at radius 1 is 1.16 bits per heavy atom. The van der Waals surface area contributed by atoms with Gasteiger partial charge in [-0.2, -0.15) is 4.99 Å². The Hall–Kier alpha value is -2.60. The van der Waals surface area contributed by atoms with E-state index in [9.17, 15) is 4.79 Å². The average molecular weight is 356 g/mol. The third kappa shape index (κ3) is 3.58. The van der Waals surface area contributed by atoms with Gasteiger partial charge in [0.05, 0.1) is 30.9 Å². The molecule has 130 valence electrons. The zero-order chi connectivity index (χ0) is 18.0. The van der Waals surface area contributed by atoms with Crippen LogP contribution < -0.4 is 14.3 Å². The monoisotopic (exact) mass is 356 g/mol. The highest BCUT2D eigenvalue weighted by Gasteiger charge is 2.08. The molecule has 1 amide bonds. The van der Waals surface area contributed by atoms with Crippen molar-refractivity contribution in [3.8, 4) is 11.5 Å². The van der Waals surface area contributed by atoms with Crippen LogP contribution in [0.3, 0.4) is 0 Å². The van der Waals surface area contributed by atoms with Crippen LogP contribution in [0.25, 0.3) is 10.2 Å². The number of aryl methyl sites for hydroxylation is 2. The fourth-order valence-electron chi connectivity index (χ4n) is 2.72. The zero-order valence-corrected chi connectivity index (χ0v) is 15.5. The van der Waals surface area contributed by atoms with Crippen LogP contribution in [-0.2, 0) is 18.3 Å². The van der Waals surface area contributed by atoms with E-state index in [0.29, 0.717) is 4.80 Å². The summed E-state index contributed by atoms with van der Waals surface area (Å²) >= 11 is 1.48. The van der Waals surface area contributed by atoms with E-state index in [2.05, 4.69) is 4.99 Å². The molecule has 0 unspecified atom stereocenters. The van der Waals surface area contributed by atoms with Gasteiger partial charge in [0.2, 0.25) is 0 Å². The number of thiazole rings is 1. The summed E-state index contributed by atoms with van der Waals surface area (Å²) in [5.74, 6) is 1.44. The van der Waals surface area contributed by atoms with Crippen molar-refractivity contribution in [3.05, 3.63) is 52.3 Å². The first-order chi connectivity index (χ1) is 12.0. The van der Waals surface area contributed by atoms with Crippen molar-refractivity contribution in [1.82, 2.24) is 4.57 Å². The lowest BCUT2D eigenvalue weighted by Gasteiger charge is -2.05. The van der Waals surface area contributed by atoms with Crippen LogP contribution in [0.15, 0.2) is 41.4 Å². The van der Waals surface area contributed by atoms with E-state index in [1.54, 1.807) is 14.2 Å². The molecule has 1 heterocycles. The number of carbonyl (C=O) groups is 1. The maximum absolute atomic E-state index is 12.4. The van der Waals surface area contributed by atoms with Gasteiger partial charge in [-0.15, -0.1) is 0 Å². The van der Waals surface area contributed by atoms with Crippen LogP contribution in [0.1, 0.15) is 11.1 Å². The molecule has 0 radical (unpaired) electrons. The Bertz CT molecular complexity index is 1000. The third-order valence-electron chi connectivity index (χ3n) is 4.05. The van der Waals surface area contributed by atoms with Crippen molar-refractivity contribution in [1.29, 1.82) is 0 Å². The second kappa shape index (κ2) is 7.11. The molecule has 0 saturated carbocycles. The molecule has 0 spiro atoms. The summed E-state index contributed by atoms with van der Waals surface area (Å²) in [5, 5.41) is 0. The molecule has 1 aromatic heterocycles. The van der Waals surface area contributed by atoms with Crippen LogP contribution in [0.5, 0.6) is 11.5 Å². The van der Waals surface area contributed by atoms with Gasteiger partial charge in [0, 0.05) is 7.05 Å². The molecule has 3 aromatic rings. The molecule has 0 aliphatic heterocycles. The summed E-state index contributed by atoms with van der Waals surface area (Å²) in [6.45, 7) is 1.96. The highest BCUT2D eigenvalue weighted by atomic mass is 32.1. The molecule has 0 aliphatic carbocycles. The van der Waals surface area contributed by atoms with Crippen molar-refractivity contribution in [3.63, 3.8) is 0 Å². The van der Waals surface area contributed by atoms with Crippen LogP contribution in [0.4, 0.5) is 0 Å². The molecule has 0 bridgehead atoms. The summed E-state index contributed by atoms with van der Waals surface area (Å²) in [7, 11) is 5.19. The summed E-state index contributed by atoms with van der Waals surface area (Å²) < 4.78 is 13.5. The molecular weight excluding hydrogens is 336 g/mol. The molecule has 25 heavy (non-hydrogen) atoms. The number of rotatable bonds is 4. The molecule has 3 rings (SSSR count). The molecule has 2 aromatic carbocycles. The normalized spacial score (nSPS) is 11.8. The predicted octanol–water partition coefficient (Wildman–Crippen LogP) is 3.24. The Labute approximate surface area is 150 Å². The summed E-state index contributed by atoms with van der Waals surface area (Å²) in [6, 6.07) is 11.6. The molecule has 0 saturated heterocycles. The van der Waals surface area contributed by atoms with Gasteiger partial charge in [0.25, 0.3) is 5.91 Å². The van der Waals surface area contributed by atoms with Crippen molar-refractivity contribution in [2.45, 2.75) is 13.3 Å². The first kappa shape index (κ1) is 17.2. The molecule has 0 N–H and O–H groups in total. The number of fused-ring (bicyclic) bond motifs is 1.